The van der Waals surface area contributed by atoms with Crippen molar-refractivity contribution in [2.75, 3.05) is 21.0 Å². The van der Waals surface area contributed by atoms with E-state index in [0.717, 1.165) is 41.9 Å². The monoisotopic (exact) mass is 350 g/mol. The molecular weight excluding hydrogens is 320 g/mol. The van der Waals surface area contributed by atoms with Crippen molar-refractivity contribution in [1.82, 2.24) is 0 Å². The van der Waals surface area contributed by atoms with Crippen molar-refractivity contribution in [1.29, 1.82) is 0 Å². The molecule has 0 saturated heterocycles. The van der Waals surface area contributed by atoms with Gasteiger partial charge < -0.3 is 24.1 Å². The number of aliphatic hydroxyl groups is 1. The molecule has 25 heavy (non-hydrogen) atoms. The molecule has 3 rings (SSSR count). The quantitative estimate of drug-likeness (QED) is 0.826. The number of benzene rings is 1. The zero-order chi connectivity index (χ0) is 18.2. The lowest BCUT2D eigenvalue weighted by atomic mass is 9.57. The summed E-state index contributed by atoms with van der Waals surface area (Å²) in [7, 11) is 3.28. The topological polar surface area (TPSA) is 57.2 Å². The van der Waals surface area contributed by atoms with Crippen molar-refractivity contribution in [3.8, 4) is 11.5 Å². The van der Waals surface area contributed by atoms with Gasteiger partial charge in [-0.3, -0.25) is 0 Å². The van der Waals surface area contributed by atoms with Crippen LogP contribution in [0, 0.1) is 11.3 Å². The fourth-order valence-corrected chi connectivity index (χ4v) is 4.53. The lowest BCUT2D eigenvalue weighted by molar-refractivity contribution is -0.138. The van der Waals surface area contributed by atoms with Gasteiger partial charge in [-0.2, -0.15) is 0 Å². The van der Waals surface area contributed by atoms with E-state index in [1.165, 1.54) is 0 Å². The van der Waals surface area contributed by atoms with Crippen LogP contribution in [0.1, 0.15) is 44.7 Å². The fraction of sp³-hybridized carbons (Fsp3) is 0.700. The molecule has 3 atom stereocenters. The molecule has 5 heteroatoms. The third-order valence-electron chi connectivity index (χ3n) is 6.09. The predicted octanol–water partition coefficient (Wildman–Crippen LogP) is 3.31. The third-order valence-corrected chi connectivity index (χ3v) is 6.09. The molecule has 1 fully saturated rings. The van der Waals surface area contributed by atoms with Crippen LogP contribution in [0.3, 0.4) is 0 Å². The molecule has 140 valence electrons. The van der Waals surface area contributed by atoms with E-state index in [0.29, 0.717) is 6.61 Å². The van der Waals surface area contributed by atoms with Crippen LogP contribution in [-0.2, 0) is 22.5 Å². The van der Waals surface area contributed by atoms with Crippen LogP contribution in [0.2, 0.25) is 0 Å². The number of hydrogen-bond donors (Lipinski definition) is 1. The highest BCUT2D eigenvalue weighted by Crippen LogP contribution is 2.54. The maximum Gasteiger partial charge on any atom is 0.188 e. The van der Waals surface area contributed by atoms with Crippen molar-refractivity contribution in [3.63, 3.8) is 0 Å². The summed E-state index contributed by atoms with van der Waals surface area (Å²) in [6.07, 6.45) is 2.20. The van der Waals surface area contributed by atoms with Gasteiger partial charge in [-0.1, -0.05) is 19.9 Å². The highest BCUT2D eigenvalue weighted by Gasteiger charge is 2.54. The van der Waals surface area contributed by atoms with Gasteiger partial charge in [0.15, 0.2) is 6.79 Å². The van der Waals surface area contributed by atoms with Gasteiger partial charge in [0.25, 0.3) is 0 Å². The zero-order valence-corrected chi connectivity index (χ0v) is 15.9. The molecule has 1 aliphatic heterocycles. The van der Waals surface area contributed by atoms with Gasteiger partial charge in [0.05, 0.1) is 18.3 Å². The summed E-state index contributed by atoms with van der Waals surface area (Å²) in [5, 5.41) is 10.5. The first kappa shape index (κ1) is 18.5. The molecule has 0 bridgehead atoms. The van der Waals surface area contributed by atoms with Crippen molar-refractivity contribution in [2.24, 2.45) is 11.3 Å². The average molecular weight is 350 g/mol. The molecule has 0 spiro atoms. The third kappa shape index (κ3) is 3.14. The van der Waals surface area contributed by atoms with E-state index in [1.807, 2.05) is 6.07 Å². The number of hydrogen-bond acceptors (Lipinski definition) is 5. The first-order chi connectivity index (χ1) is 11.8. The van der Waals surface area contributed by atoms with Gasteiger partial charge >= 0.3 is 0 Å². The standard InChI is InChI=1S/C20H30O5/c1-19(2)16-10-13-6-7-15(24-12-23-5)14(11-22-4)18(13)25-20(16,3)9-8-17(19)21/h6-7,16-17,21H,8-12H2,1-5H3/t16-,17-,20-/m1/s1. The van der Waals surface area contributed by atoms with Crippen molar-refractivity contribution in [3.05, 3.63) is 23.3 Å². The second-order valence-corrected chi connectivity index (χ2v) is 8.06. The first-order valence-electron chi connectivity index (χ1n) is 8.96. The summed E-state index contributed by atoms with van der Waals surface area (Å²) in [6.45, 7) is 7.09. The molecule has 1 aromatic carbocycles. The Morgan fingerprint density at radius 1 is 1.20 bits per heavy atom. The zero-order valence-electron chi connectivity index (χ0n) is 15.9. The van der Waals surface area contributed by atoms with Crippen LogP contribution in [0.4, 0.5) is 0 Å². The number of aliphatic hydroxyl groups excluding tert-OH is 1. The maximum absolute atomic E-state index is 10.5. The van der Waals surface area contributed by atoms with E-state index in [1.54, 1.807) is 14.2 Å². The van der Waals surface area contributed by atoms with Gasteiger partial charge in [-0.05, 0) is 43.2 Å². The number of ether oxygens (including phenoxy) is 4. The SMILES string of the molecule is COCOc1ccc2c(c1COC)O[C@]1(C)CC[C@@H](O)C(C)(C)[C@H]1C2. The van der Waals surface area contributed by atoms with E-state index >= 15 is 0 Å². The molecule has 0 unspecified atom stereocenters. The fourth-order valence-electron chi connectivity index (χ4n) is 4.53. The molecule has 2 aliphatic rings. The molecule has 1 N–H and O–H groups in total. The van der Waals surface area contributed by atoms with E-state index in [-0.39, 0.29) is 29.8 Å². The molecular formula is C20H30O5. The minimum absolute atomic E-state index is 0.183. The van der Waals surface area contributed by atoms with Gasteiger partial charge in [-0.15, -0.1) is 0 Å². The first-order valence-corrected chi connectivity index (χ1v) is 8.96. The molecule has 0 aromatic heterocycles. The Labute approximate surface area is 150 Å². The summed E-state index contributed by atoms with van der Waals surface area (Å²) < 4.78 is 22.7. The summed E-state index contributed by atoms with van der Waals surface area (Å²) in [5.74, 6) is 1.87. The van der Waals surface area contributed by atoms with Crippen LogP contribution in [0.15, 0.2) is 12.1 Å². The Kier molecular flexibility index (Phi) is 5.02. The molecule has 1 saturated carbocycles. The summed E-state index contributed by atoms with van der Waals surface area (Å²) in [4.78, 5) is 0. The second kappa shape index (κ2) is 6.78. The number of methoxy groups -OCH3 is 2. The van der Waals surface area contributed by atoms with E-state index in [9.17, 15) is 5.11 Å². The minimum atomic E-state index is -0.294. The van der Waals surface area contributed by atoms with Gasteiger partial charge in [0, 0.05) is 20.1 Å². The molecule has 0 radical (unpaired) electrons. The highest BCUT2D eigenvalue weighted by molar-refractivity contribution is 5.52. The second-order valence-electron chi connectivity index (χ2n) is 8.06. The summed E-state index contributed by atoms with van der Waals surface area (Å²) >= 11 is 0. The van der Waals surface area contributed by atoms with Gasteiger partial charge in [0.1, 0.15) is 17.1 Å². The van der Waals surface area contributed by atoms with E-state index in [2.05, 4.69) is 26.8 Å². The lowest BCUT2D eigenvalue weighted by Gasteiger charge is -2.55. The Morgan fingerprint density at radius 3 is 2.64 bits per heavy atom. The van der Waals surface area contributed by atoms with Crippen molar-refractivity contribution < 1.29 is 24.1 Å². The van der Waals surface area contributed by atoms with Crippen LogP contribution >= 0.6 is 0 Å². The summed E-state index contributed by atoms with van der Waals surface area (Å²) in [5.41, 5.74) is 1.61. The summed E-state index contributed by atoms with van der Waals surface area (Å²) in [6, 6.07) is 4.03. The lowest BCUT2D eigenvalue weighted by Crippen LogP contribution is -2.58. The predicted molar refractivity (Wildman–Crippen MR) is 94.9 cm³/mol. The Balaban J connectivity index is 2.02. The van der Waals surface area contributed by atoms with Crippen molar-refractivity contribution in [2.45, 2.75) is 58.3 Å². The van der Waals surface area contributed by atoms with Gasteiger partial charge in [-0.25, -0.2) is 0 Å². The Hall–Kier alpha value is -1.30. The molecule has 1 heterocycles. The van der Waals surface area contributed by atoms with Gasteiger partial charge in [0.2, 0.25) is 0 Å². The van der Waals surface area contributed by atoms with Crippen LogP contribution < -0.4 is 9.47 Å². The normalized spacial score (nSPS) is 30.2. The molecule has 1 aromatic rings. The Morgan fingerprint density at radius 2 is 1.96 bits per heavy atom. The van der Waals surface area contributed by atoms with Crippen molar-refractivity contribution >= 4 is 0 Å². The number of rotatable bonds is 5. The largest absolute Gasteiger partial charge is 0.486 e. The minimum Gasteiger partial charge on any atom is -0.486 e. The maximum atomic E-state index is 10.5. The Bertz CT molecular complexity index is 627. The average Bonchev–Trinajstić information content (AvgIpc) is 2.57. The smallest absolute Gasteiger partial charge is 0.188 e. The van der Waals surface area contributed by atoms with Crippen LogP contribution in [0.5, 0.6) is 11.5 Å². The molecule has 0 amide bonds. The van der Waals surface area contributed by atoms with Crippen LogP contribution in [0.25, 0.3) is 0 Å². The van der Waals surface area contributed by atoms with E-state index < -0.39 is 0 Å². The number of fused-ring (bicyclic) bond motifs is 2. The molecule has 5 nitrogen and oxygen atoms in total. The van der Waals surface area contributed by atoms with Crippen LogP contribution in [-0.4, -0.2) is 37.8 Å². The highest BCUT2D eigenvalue weighted by atomic mass is 16.7. The van der Waals surface area contributed by atoms with E-state index in [4.69, 9.17) is 18.9 Å². The molecule has 1 aliphatic carbocycles.